The van der Waals surface area contributed by atoms with E-state index in [9.17, 15) is 4.79 Å². The lowest BCUT2D eigenvalue weighted by molar-refractivity contribution is -0.115. The first-order chi connectivity index (χ1) is 12.7. The molecule has 1 heterocycles. The molecule has 1 amide bonds. The van der Waals surface area contributed by atoms with E-state index in [1.54, 1.807) is 6.08 Å². The maximum Gasteiger partial charge on any atom is 0.237 e. The number of carbonyl (C=O) groups is 1. The molecule has 1 aromatic heterocycles. The van der Waals surface area contributed by atoms with Gasteiger partial charge in [-0.1, -0.05) is 66.4 Å². The molecular weight excluding hydrogens is 344 g/mol. The molecule has 132 valence electrons. The minimum Gasteiger partial charge on any atom is -0.325 e. The van der Waals surface area contributed by atoms with Gasteiger partial charge >= 0.3 is 0 Å². The summed E-state index contributed by atoms with van der Waals surface area (Å²) < 4.78 is 1.97. The van der Waals surface area contributed by atoms with Crippen LogP contribution in [0.2, 0.25) is 0 Å². The molecule has 0 aliphatic heterocycles. The van der Waals surface area contributed by atoms with Crippen LogP contribution < -0.4 is 5.32 Å². The van der Waals surface area contributed by atoms with E-state index in [4.69, 9.17) is 0 Å². The van der Waals surface area contributed by atoms with E-state index < -0.39 is 0 Å². The molecule has 1 atom stereocenters. The third kappa shape index (κ3) is 4.21. The number of hydrogen-bond acceptors (Lipinski definition) is 4. The van der Waals surface area contributed by atoms with E-state index in [1.807, 2.05) is 72.2 Å². The highest BCUT2D eigenvalue weighted by molar-refractivity contribution is 8.00. The van der Waals surface area contributed by atoms with Gasteiger partial charge in [-0.05, 0) is 19.1 Å². The minimum absolute atomic E-state index is 0.0735. The highest BCUT2D eigenvalue weighted by atomic mass is 32.2. The van der Waals surface area contributed by atoms with Crippen LogP contribution in [0.25, 0.3) is 11.4 Å². The van der Waals surface area contributed by atoms with E-state index in [0.717, 1.165) is 17.1 Å². The fourth-order valence-electron chi connectivity index (χ4n) is 2.45. The summed E-state index contributed by atoms with van der Waals surface area (Å²) in [6.45, 7) is 6.25. The maximum atomic E-state index is 12.5. The molecule has 0 aliphatic carbocycles. The number of allylic oxidation sites excluding steroid dienone is 1. The average molecular weight is 364 g/mol. The van der Waals surface area contributed by atoms with Crippen molar-refractivity contribution in [2.75, 3.05) is 5.32 Å². The first-order valence-corrected chi connectivity index (χ1v) is 9.19. The molecule has 1 unspecified atom stereocenters. The van der Waals surface area contributed by atoms with Gasteiger partial charge in [-0.25, -0.2) is 0 Å². The quantitative estimate of drug-likeness (QED) is 0.503. The van der Waals surface area contributed by atoms with Crippen LogP contribution in [-0.2, 0) is 11.3 Å². The zero-order chi connectivity index (χ0) is 18.4. The van der Waals surface area contributed by atoms with Gasteiger partial charge in [0.2, 0.25) is 5.91 Å². The summed E-state index contributed by atoms with van der Waals surface area (Å²) in [5, 5.41) is 11.9. The van der Waals surface area contributed by atoms with Gasteiger partial charge in [0.1, 0.15) is 0 Å². The molecule has 3 aromatic rings. The highest BCUT2D eigenvalue weighted by Crippen LogP contribution is 2.27. The largest absolute Gasteiger partial charge is 0.325 e. The van der Waals surface area contributed by atoms with Crippen LogP contribution in [0.5, 0.6) is 0 Å². The topological polar surface area (TPSA) is 59.8 Å². The molecule has 2 aromatic carbocycles. The zero-order valence-corrected chi connectivity index (χ0v) is 15.3. The standard InChI is InChI=1S/C20H20N4OS/c1-3-14-24-18(16-10-6-4-7-11-16)22-23-20(24)26-15(2)19(25)21-17-12-8-5-9-13-17/h3-13,15H,1,14H2,2H3,(H,21,25). The minimum atomic E-state index is -0.313. The molecule has 1 N–H and O–H groups in total. The van der Waals surface area contributed by atoms with Crippen molar-refractivity contribution >= 4 is 23.4 Å². The number of amides is 1. The summed E-state index contributed by atoms with van der Waals surface area (Å²) in [5.41, 5.74) is 1.76. The Balaban J connectivity index is 1.77. The first kappa shape index (κ1) is 17.9. The van der Waals surface area contributed by atoms with Crippen molar-refractivity contribution in [3.63, 3.8) is 0 Å². The molecule has 26 heavy (non-hydrogen) atoms. The second-order valence-corrected chi connectivity index (χ2v) is 6.99. The normalized spacial score (nSPS) is 11.7. The Morgan fingerprint density at radius 2 is 1.81 bits per heavy atom. The monoisotopic (exact) mass is 364 g/mol. The molecule has 0 saturated carbocycles. The number of thioether (sulfide) groups is 1. The van der Waals surface area contributed by atoms with Crippen molar-refractivity contribution in [1.82, 2.24) is 14.8 Å². The van der Waals surface area contributed by atoms with Gasteiger partial charge in [0.25, 0.3) is 0 Å². The second-order valence-electron chi connectivity index (χ2n) is 5.69. The van der Waals surface area contributed by atoms with Crippen LogP contribution in [0.15, 0.2) is 78.5 Å². The number of aromatic nitrogens is 3. The molecule has 0 fully saturated rings. The molecule has 0 radical (unpaired) electrons. The summed E-state index contributed by atoms with van der Waals surface area (Å²) in [6.07, 6.45) is 1.80. The number of hydrogen-bond donors (Lipinski definition) is 1. The Labute approximate surface area is 157 Å². The van der Waals surface area contributed by atoms with Crippen LogP contribution in [-0.4, -0.2) is 25.9 Å². The maximum absolute atomic E-state index is 12.5. The summed E-state index contributed by atoms with van der Waals surface area (Å²) >= 11 is 1.38. The summed E-state index contributed by atoms with van der Waals surface area (Å²) in [5.74, 6) is 0.694. The number of nitrogens with zero attached hydrogens (tertiary/aromatic N) is 3. The van der Waals surface area contributed by atoms with Crippen LogP contribution in [0.3, 0.4) is 0 Å². The fourth-order valence-corrected chi connectivity index (χ4v) is 3.31. The van der Waals surface area contributed by atoms with E-state index >= 15 is 0 Å². The molecule has 0 aliphatic rings. The van der Waals surface area contributed by atoms with Crippen molar-refractivity contribution in [1.29, 1.82) is 0 Å². The predicted octanol–water partition coefficient (Wildman–Crippen LogP) is 4.25. The van der Waals surface area contributed by atoms with Crippen molar-refractivity contribution in [3.05, 3.63) is 73.3 Å². The SMILES string of the molecule is C=CCn1c(SC(C)C(=O)Nc2ccccc2)nnc1-c1ccccc1. The number of carbonyl (C=O) groups excluding carboxylic acids is 1. The second kappa shape index (κ2) is 8.49. The predicted molar refractivity (Wildman–Crippen MR) is 106 cm³/mol. The number of rotatable bonds is 7. The van der Waals surface area contributed by atoms with E-state index in [1.165, 1.54) is 11.8 Å². The van der Waals surface area contributed by atoms with Crippen LogP contribution in [0.4, 0.5) is 5.69 Å². The lowest BCUT2D eigenvalue weighted by Crippen LogP contribution is -2.22. The van der Waals surface area contributed by atoms with Crippen LogP contribution >= 0.6 is 11.8 Å². The van der Waals surface area contributed by atoms with Crippen molar-refractivity contribution < 1.29 is 4.79 Å². The third-order valence-electron chi connectivity index (χ3n) is 3.75. The summed E-state index contributed by atoms with van der Waals surface area (Å²) in [6, 6.07) is 19.3. The van der Waals surface area contributed by atoms with Gasteiger partial charge in [-0.2, -0.15) is 0 Å². The molecule has 0 saturated heterocycles. The third-order valence-corrected chi connectivity index (χ3v) is 4.83. The summed E-state index contributed by atoms with van der Waals surface area (Å²) in [7, 11) is 0. The van der Waals surface area contributed by atoms with Crippen molar-refractivity contribution in [2.24, 2.45) is 0 Å². The first-order valence-electron chi connectivity index (χ1n) is 8.31. The molecule has 0 bridgehead atoms. The smallest absolute Gasteiger partial charge is 0.237 e. The number of anilines is 1. The summed E-state index contributed by atoms with van der Waals surface area (Å²) in [4.78, 5) is 12.5. The van der Waals surface area contributed by atoms with Gasteiger partial charge in [0, 0.05) is 17.8 Å². The zero-order valence-electron chi connectivity index (χ0n) is 14.5. The van der Waals surface area contributed by atoms with E-state index in [0.29, 0.717) is 11.7 Å². The molecular formula is C20H20N4OS. The molecule has 5 nitrogen and oxygen atoms in total. The van der Waals surface area contributed by atoms with Gasteiger partial charge in [0.05, 0.1) is 5.25 Å². The Hall–Kier alpha value is -2.86. The van der Waals surface area contributed by atoms with Crippen LogP contribution in [0.1, 0.15) is 6.92 Å². The van der Waals surface area contributed by atoms with Gasteiger partial charge in [-0.3, -0.25) is 9.36 Å². The lowest BCUT2D eigenvalue weighted by atomic mass is 10.2. The Morgan fingerprint density at radius 1 is 1.15 bits per heavy atom. The number of nitrogens with one attached hydrogen (secondary N) is 1. The van der Waals surface area contributed by atoms with Gasteiger partial charge in [0.15, 0.2) is 11.0 Å². The fraction of sp³-hybridized carbons (Fsp3) is 0.150. The molecule has 0 spiro atoms. The Morgan fingerprint density at radius 3 is 2.46 bits per heavy atom. The van der Waals surface area contributed by atoms with E-state index in [-0.39, 0.29) is 11.2 Å². The molecule has 3 rings (SSSR count). The molecule has 6 heteroatoms. The number of para-hydroxylation sites is 1. The van der Waals surface area contributed by atoms with E-state index in [2.05, 4.69) is 22.1 Å². The highest BCUT2D eigenvalue weighted by Gasteiger charge is 2.20. The van der Waals surface area contributed by atoms with Crippen molar-refractivity contribution in [3.8, 4) is 11.4 Å². The van der Waals surface area contributed by atoms with Crippen molar-refractivity contribution in [2.45, 2.75) is 23.9 Å². The Kier molecular flexibility index (Phi) is 5.86. The van der Waals surface area contributed by atoms with Gasteiger partial charge < -0.3 is 5.32 Å². The van der Waals surface area contributed by atoms with Crippen LogP contribution in [0, 0.1) is 0 Å². The van der Waals surface area contributed by atoms with Gasteiger partial charge in [-0.15, -0.1) is 16.8 Å². The Bertz CT molecular complexity index is 877. The number of benzene rings is 2. The average Bonchev–Trinajstić information content (AvgIpc) is 3.06. The lowest BCUT2D eigenvalue weighted by Gasteiger charge is -2.13.